The van der Waals surface area contributed by atoms with Gasteiger partial charge in [-0.25, -0.2) is 5.11 Å². The van der Waals surface area contributed by atoms with E-state index < -0.39 is 0 Å². The molecular formula is C10H21O5. The van der Waals surface area contributed by atoms with Crippen molar-refractivity contribution in [2.45, 2.75) is 6.42 Å². The van der Waals surface area contributed by atoms with E-state index in [9.17, 15) is 5.11 Å². The van der Waals surface area contributed by atoms with Gasteiger partial charge in [0, 0.05) is 13.7 Å². The van der Waals surface area contributed by atoms with E-state index in [2.05, 4.69) is 0 Å². The van der Waals surface area contributed by atoms with Gasteiger partial charge < -0.3 is 18.9 Å². The largest absolute Gasteiger partial charge is 0.382 e. The predicted molar refractivity (Wildman–Crippen MR) is 54.5 cm³/mol. The van der Waals surface area contributed by atoms with Gasteiger partial charge in [0.25, 0.3) is 0 Å². The van der Waals surface area contributed by atoms with Crippen molar-refractivity contribution < 1.29 is 24.1 Å². The SMILES string of the molecule is COCCOCCOCCOCCC[O]. The first-order valence-corrected chi connectivity index (χ1v) is 5.22. The van der Waals surface area contributed by atoms with Crippen LogP contribution in [0.25, 0.3) is 0 Å². The minimum atomic E-state index is -0.0752. The van der Waals surface area contributed by atoms with Gasteiger partial charge >= 0.3 is 0 Å². The van der Waals surface area contributed by atoms with E-state index in [0.717, 1.165) is 0 Å². The molecule has 91 valence electrons. The first-order chi connectivity index (χ1) is 7.41. The molecule has 0 heterocycles. The van der Waals surface area contributed by atoms with Gasteiger partial charge in [-0.3, -0.25) is 0 Å². The maximum absolute atomic E-state index is 10.1. The fraction of sp³-hybridized carbons (Fsp3) is 1.00. The van der Waals surface area contributed by atoms with Gasteiger partial charge in [-0.05, 0) is 6.42 Å². The Labute approximate surface area is 91.3 Å². The topological polar surface area (TPSA) is 56.8 Å². The Morgan fingerprint density at radius 1 is 0.733 bits per heavy atom. The second-order valence-electron chi connectivity index (χ2n) is 2.89. The summed E-state index contributed by atoms with van der Waals surface area (Å²) >= 11 is 0. The molecule has 0 N–H and O–H groups in total. The first-order valence-electron chi connectivity index (χ1n) is 5.22. The molecule has 0 aromatic heterocycles. The zero-order chi connectivity index (χ0) is 11.2. The quantitative estimate of drug-likeness (QED) is 0.450. The Morgan fingerprint density at radius 3 is 1.67 bits per heavy atom. The molecule has 0 spiro atoms. The molecule has 0 aliphatic rings. The molecule has 0 aromatic rings. The summed E-state index contributed by atoms with van der Waals surface area (Å²) in [4.78, 5) is 0. The smallest absolute Gasteiger partial charge is 0.0844 e. The van der Waals surface area contributed by atoms with Gasteiger partial charge in [0.05, 0.1) is 46.2 Å². The molecule has 0 saturated heterocycles. The summed E-state index contributed by atoms with van der Waals surface area (Å²) in [6.07, 6.45) is 0.570. The molecule has 1 radical (unpaired) electrons. The van der Waals surface area contributed by atoms with Crippen LogP contribution < -0.4 is 0 Å². The van der Waals surface area contributed by atoms with Crippen LogP contribution in [0.5, 0.6) is 0 Å². The summed E-state index contributed by atoms with van der Waals surface area (Å²) in [6, 6.07) is 0. The lowest BCUT2D eigenvalue weighted by Crippen LogP contribution is -2.11. The summed E-state index contributed by atoms with van der Waals surface area (Å²) in [5.74, 6) is 0. The van der Waals surface area contributed by atoms with Crippen LogP contribution in [0.2, 0.25) is 0 Å². The number of hydrogen-bond acceptors (Lipinski definition) is 4. The van der Waals surface area contributed by atoms with E-state index in [4.69, 9.17) is 18.9 Å². The average Bonchev–Trinajstić information content (AvgIpc) is 2.26. The first kappa shape index (κ1) is 14.8. The Kier molecular flexibility index (Phi) is 13.6. The van der Waals surface area contributed by atoms with Crippen molar-refractivity contribution in [1.82, 2.24) is 0 Å². The lowest BCUT2D eigenvalue weighted by atomic mass is 10.5. The number of hydrogen-bond donors (Lipinski definition) is 0. The van der Waals surface area contributed by atoms with Crippen molar-refractivity contribution in [1.29, 1.82) is 0 Å². The van der Waals surface area contributed by atoms with Crippen LogP contribution in [0.3, 0.4) is 0 Å². The third kappa shape index (κ3) is 13.8. The highest BCUT2D eigenvalue weighted by molar-refractivity contribution is 4.35. The minimum Gasteiger partial charge on any atom is -0.382 e. The maximum atomic E-state index is 10.1. The highest BCUT2D eigenvalue weighted by Gasteiger charge is 1.91. The Morgan fingerprint density at radius 2 is 1.20 bits per heavy atom. The van der Waals surface area contributed by atoms with Crippen LogP contribution in [-0.2, 0) is 24.1 Å². The third-order valence-electron chi connectivity index (χ3n) is 1.61. The van der Waals surface area contributed by atoms with Gasteiger partial charge in [-0.15, -0.1) is 0 Å². The van der Waals surface area contributed by atoms with Crippen LogP contribution in [0.1, 0.15) is 6.42 Å². The minimum absolute atomic E-state index is 0.0752. The van der Waals surface area contributed by atoms with E-state index >= 15 is 0 Å². The third-order valence-corrected chi connectivity index (χ3v) is 1.61. The number of ether oxygens (including phenoxy) is 4. The molecule has 0 bridgehead atoms. The van der Waals surface area contributed by atoms with E-state index in [1.165, 1.54) is 0 Å². The van der Waals surface area contributed by atoms with Crippen molar-refractivity contribution >= 4 is 0 Å². The van der Waals surface area contributed by atoms with Gasteiger partial charge in [0.15, 0.2) is 0 Å². The number of rotatable bonds is 12. The normalized spacial score (nSPS) is 10.8. The fourth-order valence-electron chi connectivity index (χ4n) is 0.845. The van der Waals surface area contributed by atoms with Crippen LogP contribution >= 0.6 is 0 Å². The van der Waals surface area contributed by atoms with Crippen molar-refractivity contribution in [2.24, 2.45) is 0 Å². The molecule has 5 heteroatoms. The molecule has 0 amide bonds. The van der Waals surface area contributed by atoms with E-state index in [1.54, 1.807) is 7.11 Å². The van der Waals surface area contributed by atoms with E-state index in [0.29, 0.717) is 52.7 Å². The van der Waals surface area contributed by atoms with Crippen molar-refractivity contribution in [3.8, 4) is 0 Å². The summed E-state index contributed by atoms with van der Waals surface area (Å²) in [7, 11) is 1.64. The zero-order valence-corrected chi connectivity index (χ0v) is 9.41. The van der Waals surface area contributed by atoms with Crippen LogP contribution in [-0.4, -0.2) is 60.0 Å². The van der Waals surface area contributed by atoms with Crippen molar-refractivity contribution in [2.75, 3.05) is 60.0 Å². The molecule has 0 rings (SSSR count). The Bertz CT molecular complexity index is 98.0. The molecule has 0 saturated carbocycles. The van der Waals surface area contributed by atoms with Gasteiger partial charge in [0.1, 0.15) is 0 Å². The predicted octanol–water partition coefficient (Wildman–Crippen LogP) is 0.503. The highest BCUT2D eigenvalue weighted by Crippen LogP contribution is 1.83. The molecule has 5 nitrogen and oxygen atoms in total. The molecule has 0 aliphatic carbocycles. The summed E-state index contributed by atoms with van der Waals surface area (Å²) in [5.41, 5.74) is 0. The molecule has 15 heavy (non-hydrogen) atoms. The van der Waals surface area contributed by atoms with E-state index in [-0.39, 0.29) is 6.61 Å². The van der Waals surface area contributed by atoms with Crippen LogP contribution in [0.4, 0.5) is 0 Å². The standard InChI is InChI=1S/C10H21O5/c1-12-5-6-14-9-10-15-8-7-13-4-2-3-11/h2-10H2,1H3. The van der Waals surface area contributed by atoms with E-state index in [1.807, 2.05) is 0 Å². The second kappa shape index (κ2) is 13.8. The molecule has 0 unspecified atom stereocenters. The molecule has 0 fully saturated rings. The zero-order valence-electron chi connectivity index (χ0n) is 9.41. The lowest BCUT2D eigenvalue weighted by Gasteiger charge is -2.05. The number of methoxy groups -OCH3 is 1. The molecule has 0 atom stereocenters. The van der Waals surface area contributed by atoms with Gasteiger partial charge in [-0.2, -0.15) is 0 Å². The summed E-state index contributed by atoms with van der Waals surface area (Å²) in [5, 5.41) is 10.1. The van der Waals surface area contributed by atoms with Crippen LogP contribution in [0, 0.1) is 0 Å². The average molecular weight is 221 g/mol. The second-order valence-corrected chi connectivity index (χ2v) is 2.89. The fourth-order valence-corrected chi connectivity index (χ4v) is 0.845. The summed E-state index contributed by atoms with van der Waals surface area (Å²) in [6.45, 7) is 3.88. The Hall–Kier alpha value is -0.200. The highest BCUT2D eigenvalue weighted by atomic mass is 16.6. The van der Waals surface area contributed by atoms with Crippen molar-refractivity contribution in [3.05, 3.63) is 0 Å². The monoisotopic (exact) mass is 221 g/mol. The van der Waals surface area contributed by atoms with Crippen molar-refractivity contribution in [3.63, 3.8) is 0 Å². The molecular weight excluding hydrogens is 200 g/mol. The van der Waals surface area contributed by atoms with Gasteiger partial charge in [-0.1, -0.05) is 0 Å². The molecule has 0 aliphatic heterocycles. The molecule has 0 aromatic carbocycles. The van der Waals surface area contributed by atoms with Gasteiger partial charge in [0.2, 0.25) is 0 Å². The lowest BCUT2D eigenvalue weighted by molar-refractivity contribution is 0.00122. The van der Waals surface area contributed by atoms with Crippen LogP contribution in [0.15, 0.2) is 0 Å². The maximum Gasteiger partial charge on any atom is 0.0844 e. The summed E-state index contributed by atoms with van der Waals surface area (Å²) < 4.78 is 20.4. The Balaban J connectivity index is 2.81.